The Kier molecular flexibility index (Phi) is 5.92. The lowest BCUT2D eigenvalue weighted by Crippen LogP contribution is -2.24. The molecule has 2 atom stereocenters. The van der Waals surface area contributed by atoms with Crippen molar-refractivity contribution in [2.24, 2.45) is 11.8 Å². The molecule has 4 heteroatoms. The van der Waals surface area contributed by atoms with Crippen LogP contribution in [0, 0.1) is 11.8 Å². The van der Waals surface area contributed by atoms with Gasteiger partial charge in [0.2, 0.25) is 0 Å². The molecule has 0 N–H and O–H groups in total. The molecular weight excluding hydrogens is 184 g/mol. The lowest BCUT2D eigenvalue weighted by Gasteiger charge is -2.18. The maximum absolute atomic E-state index is 11.3. The van der Waals surface area contributed by atoms with Gasteiger partial charge in [0.1, 0.15) is 0 Å². The first-order valence-electron chi connectivity index (χ1n) is 4.71. The summed E-state index contributed by atoms with van der Waals surface area (Å²) in [6.45, 7) is 3.75. The van der Waals surface area contributed by atoms with E-state index < -0.39 is 0 Å². The molecule has 14 heavy (non-hydrogen) atoms. The quantitative estimate of drug-likeness (QED) is 0.632. The van der Waals surface area contributed by atoms with Crippen molar-refractivity contribution in [3.8, 4) is 0 Å². The van der Waals surface area contributed by atoms with Crippen molar-refractivity contribution in [3.05, 3.63) is 0 Å². The summed E-state index contributed by atoms with van der Waals surface area (Å²) in [5.74, 6) is -0.817. The van der Waals surface area contributed by atoms with Gasteiger partial charge in [-0.3, -0.25) is 9.59 Å². The average Bonchev–Trinajstić information content (AvgIpc) is 2.18. The molecule has 0 aliphatic carbocycles. The fourth-order valence-corrected chi connectivity index (χ4v) is 1.44. The topological polar surface area (TPSA) is 52.6 Å². The second-order valence-corrected chi connectivity index (χ2v) is 3.30. The van der Waals surface area contributed by atoms with Crippen molar-refractivity contribution in [2.45, 2.75) is 26.7 Å². The number of hydrogen-bond acceptors (Lipinski definition) is 4. The largest absolute Gasteiger partial charge is 0.469 e. The summed E-state index contributed by atoms with van der Waals surface area (Å²) in [7, 11) is 2.70. The first-order chi connectivity index (χ1) is 6.56. The molecule has 0 aliphatic heterocycles. The van der Waals surface area contributed by atoms with Gasteiger partial charge in [-0.05, 0) is 12.3 Å². The number of esters is 2. The third-order valence-corrected chi connectivity index (χ3v) is 2.35. The lowest BCUT2D eigenvalue weighted by atomic mass is 9.89. The minimum Gasteiger partial charge on any atom is -0.469 e. The molecule has 0 saturated carbocycles. The van der Waals surface area contributed by atoms with Gasteiger partial charge in [0, 0.05) is 6.42 Å². The summed E-state index contributed by atoms with van der Waals surface area (Å²) in [4.78, 5) is 22.3. The van der Waals surface area contributed by atoms with Gasteiger partial charge in [-0.25, -0.2) is 0 Å². The van der Waals surface area contributed by atoms with Crippen LogP contribution in [0.25, 0.3) is 0 Å². The van der Waals surface area contributed by atoms with Crippen molar-refractivity contribution >= 4 is 11.9 Å². The molecule has 0 radical (unpaired) electrons. The van der Waals surface area contributed by atoms with E-state index in [1.54, 1.807) is 0 Å². The fraction of sp³-hybridized carbons (Fsp3) is 0.800. The van der Waals surface area contributed by atoms with E-state index in [9.17, 15) is 9.59 Å². The molecule has 82 valence electrons. The minimum atomic E-state index is -0.292. The van der Waals surface area contributed by atoms with Crippen LogP contribution >= 0.6 is 0 Å². The van der Waals surface area contributed by atoms with Gasteiger partial charge in [0.25, 0.3) is 0 Å². The highest BCUT2D eigenvalue weighted by atomic mass is 16.5. The molecule has 0 aliphatic rings. The van der Waals surface area contributed by atoms with Gasteiger partial charge in [-0.1, -0.05) is 13.8 Å². The first-order valence-corrected chi connectivity index (χ1v) is 4.71. The minimum absolute atomic E-state index is 0.0418. The van der Waals surface area contributed by atoms with E-state index in [-0.39, 0.29) is 30.2 Å². The Bertz CT molecular complexity index is 200. The van der Waals surface area contributed by atoms with Crippen LogP contribution in [0.3, 0.4) is 0 Å². The number of carbonyl (C=O) groups is 2. The fourth-order valence-electron chi connectivity index (χ4n) is 1.44. The smallest absolute Gasteiger partial charge is 0.308 e. The Balaban J connectivity index is 4.23. The van der Waals surface area contributed by atoms with Crippen molar-refractivity contribution in [1.82, 2.24) is 0 Å². The molecule has 0 saturated heterocycles. The van der Waals surface area contributed by atoms with Crippen LogP contribution in [0.4, 0.5) is 0 Å². The van der Waals surface area contributed by atoms with E-state index in [0.29, 0.717) is 6.42 Å². The summed E-state index contributed by atoms with van der Waals surface area (Å²) >= 11 is 0. The summed E-state index contributed by atoms with van der Waals surface area (Å²) in [5, 5.41) is 0. The van der Waals surface area contributed by atoms with Gasteiger partial charge in [-0.2, -0.15) is 0 Å². The number of rotatable bonds is 5. The van der Waals surface area contributed by atoms with Crippen molar-refractivity contribution in [2.75, 3.05) is 14.2 Å². The maximum atomic E-state index is 11.3. The highest BCUT2D eigenvalue weighted by molar-refractivity contribution is 5.75. The average molecular weight is 202 g/mol. The van der Waals surface area contributed by atoms with E-state index in [1.165, 1.54) is 14.2 Å². The van der Waals surface area contributed by atoms with Crippen LogP contribution in [0.15, 0.2) is 0 Å². The van der Waals surface area contributed by atoms with Crippen LogP contribution in [0.1, 0.15) is 26.7 Å². The number of methoxy groups -OCH3 is 2. The maximum Gasteiger partial charge on any atom is 0.308 e. The van der Waals surface area contributed by atoms with Crippen LogP contribution in [-0.2, 0) is 19.1 Å². The molecular formula is C10H18O4. The molecule has 0 bridgehead atoms. The third-order valence-electron chi connectivity index (χ3n) is 2.35. The van der Waals surface area contributed by atoms with Crippen LogP contribution in [-0.4, -0.2) is 26.2 Å². The molecule has 0 rings (SSSR count). The van der Waals surface area contributed by atoms with E-state index >= 15 is 0 Å². The van der Waals surface area contributed by atoms with E-state index in [1.807, 2.05) is 13.8 Å². The molecule has 0 aromatic rings. The van der Waals surface area contributed by atoms with E-state index in [0.717, 1.165) is 0 Å². The highest BCUT2D eigenvalue weighted by Crippen LogP contribution is 2.20. The van der Waals surface area contributed by atoms with Gasteiger partial charge >= 0.3 is 11.9 Å². The predicted octanol–water partition coefficient (Wildman–Crippen LogP) is 1.38. The molecule has 2 unspecified atom stereocenters. The monoisotopic (exact) mass is 202 g/mol. The molecule has 4 nitrogen and oxygen atoms in total. The standard InChI is InChI=1S/C10H18O4/c1-5-8(10(12)14-4)7(2)6-9(11)13-3/h7-8H,5-6H2,1-4H3. The number of ether oxygens (including phenoxy) is 2. The van der Waals surface area contributed by atoms with Gasteiger partial charge in [-0.15, -0.1) is 0 Å². The van der Waals surface area contributed by atoms with Gasteiger partial charge in [0.15, 0.2) is 0 Å². The lowest BCUT2D eigenvalue weighted by molar-refractivity contribution is -0.149. The molecule has 0 spiro atoms. The van der Waals surface area contributed by atoms with Gasteiger partial charge < -0.3 is 9.47 Å². The van der Waals surface area contributed by atoms with E-state index in [4.69, 9.17) is 0 Å². The SMILES string of the molecule is CCC(C(=O)OC)C(C)CC(=O)OC. The Labute approximate surface area is 84.6 Å². The predicted molar refractivity (Wildman–Crippen MR) is 51.6 cm³/mol. The third kappa shape index (κ3) is 3.77. The normalized spacial score (nSPS) is 14.3. The highest BCUT2D eigenvalue weighted by Gasteiger charge is 2.26. The molecule has 0 aromatic heterocycles. The van der Waals surface area contributed by atoms with Gasteiger partial charge in [0.05, 0.1) is 20.1 Å². The molecule has 0 heterocycles. The number of hydrogen-bond donors (Lipinski definition) is 0. The summed E-state index contributed by atoms with van der Waals surface area (Å²) < 4.78 is 9.19. The van der Waals surface area contributed by atoms with Crippen LogP contribution in [0.2, 0.25) is 0 Å². The van der Waals surface area contributed by atoms with E-state index in [2.05, 4.69) is 9.47 Å². The zero-order valence-corrected chi connectivity index (χ0v) is 9.20. The molecule has 0 amide bonds. The Morgan fingerprint density at radius 1 is 1.21 bits per heavy atom. The zero-order chi connectivity index (χ0) is 11.1. The Morgan fingerprint density at radius 2 is 1.79 bits per heavy atom. The second-order valence-electron chi connectivity index (χ2n) is 3.30. The Morgan fingerprint density at radius 3 is 2.14 bits per heavy atom. The van der Waals surface area contributed by atoms with Crippen LogP contribution in [0.5, 0.6) is 0 Å². The van der Waals surface area contributed by atoms with Crippen molar-refractivity contribution < 1.29 is 19.1 Å². The molecule has 0 aromatic carbocycles. The van der Waals surface area contributed by atoms with Crippen LogP contribution < -0.4 is 0 Å². The molecule has 0 fully saturated rings. The summed E-state index contributed by atoms with van der Waals surface area (Å²) in [5.41, 5.74) is 0. The first kappa shape index (κ1) is 12.9. The zero-order valence-electron chi connectivity index (χ0n) is 9.20. The summed E-state index contributed by atoms with van der Waals surface area (Å²) in [6.07, 6.45) is 0.926. The summed E-state index contributed by atoms with van der Waals surface area (Å²) in [6, 6.07) is 0. The van der Waals surface area contributed by atoms with Crippen molar-refractivity contribution in [3.63, 3.8) is 0 Å². The van der Waals surface area contributed by atoms with Crippen molar-refractivity contribution in [1.29, 1.82) is 0 Å². The second kappa shape index (κ2) is 6.40. The number of carbonyl (C=O) groups excluding carboxylic acids is 2. The Hall–Kier alpha value is -1.06.